The number of nitrogens with one attached hydrogen (secondary N) is 1. The lowest BCUT2D eigenvalue weighted by Crippen LogP contribution is -2.41. The van der Waals surface area contributed by atoms with E-state index in [0.717, 1.165) is 11.3 Å². The van der Waals surface area contributed by atoms with Crippen molar-refractivity contribution in [3.63, 3.8) is 0 Å². The van der Waals surface area contributed by atoms with Crippen LogP contribution in [0.25, 0.3) is 17.1 Å². The van der Waals surface area contributed by atoms with Crippen LogP contribution in [-0.4, -0.2) is 32.0 Å². The minimum atomic E-state index is -0.267. The van der Waals surface area contributed by atoms with Crippen LogP contribution in [0.5, 0.6) is 0 Å². The molecule has 0 saturated carbocycles. The van der Waals surface area contributed by atoms with Crippen LogP contribution >= 0.6 is 23.4 Å². The standard InChI is InChI=1S/C21H23ClN4OS/c1-14-5-11-17(12-6-14)26-19(15-7-9-16(22)10-8-15)24-25-20(26)28-13-18(27)23-21(2,3)4/h5-12H,13H2,1-4H3,(H,23,27). The van der Waals surface area contributed by atoms with Crippen LogP contribution in [0.15, 0.2) is 53.7 Å². The van der Waals surface area contributed by atoms with Crippen LogP contribution in [0.2, 0.25) is 5.02 Å². The molecule has 3 rings (SSSR count). The summed E-state index contributed by atoms with van der Waals surface area (Å²) in [5.74, 6) is 0.935. The van der Waals surface area contributed by atoms with Crippen molar-refractivity contribution in [1.29, 1.82) is 0 Å². The third-order valence-electron chi connectivity index (χ3n) is 3.87. The molecule has 1 amide bonds. The number of hydrogen-bond acceptors (Lipinski definition) is 4. The molecule has 0 radical (unpaired) electrons. The third kappa shape index (κ3) is 5.14. The Morgan fingerprint density at radius 2 is 1.71 bits per heavy atom. The number of halogens is 1. The van der Waals surface area contributed by atoms with Crippen LogP contribution in [0.3, 0.4) is 0 Å². The summed E-state index contributed by atoms with van der Waals surface area (Å²) in [5, 5.41) is 13.0. The molecule has 0 aliphatic rings. The highest BCUT2D eigenvalue weighted by molar-refractivity contribution is 7.99. The second-order valence-electron chi connectivity index (χ2n) is 7.57. The van der Waals surface area contributed by atoms with Crippen molar-refractivity contribution in [2.45, 2.75) is 38.4 Å². The van der Waals surface area contributed by atoms with E-state index in [4.69, 9.17) is 11.6 Å². The van der Waals surface area contributed by atoms with Gasteiger partial charge in [-0.05, 0) is 64.1 Å². The van der Waals surface area contributed by atoms with E-state index in [1.165, 1.54) is 17.3 Å². The van der Waals surface area contributed by atoms with E-state index >= 15 is 0 Å². The van der Waals surface area contributed by atoms with Crippen molar-refractivity contribution < 1.29 is 4.79 Å². The number of amides is 1. The first kappa shape index (κ1) is 20.4. The van der Waals surface area contributed by atoms with Crippen molar-refractivity contribution in [3.8, 4) is 17.1 Å². The molecule has 0 atom stereocenters. The van der Waals surface area contributed by atoms with E-state index in [2.05, 4.69) is 15.5 Å². The lowest BCUT2D eigenvalue weighted by Gasteiger charge is -2.20. The van der Waals surface area contributed by atoms with Crippen molar-refractivity contribution in [2.24, 2.45) is 0 Å². The molecule has 1 aromatic heterocycles. The van der Waals surface area contributed by atoms with Gasteiger partial charge in [0.1, 0.15) is 0 Å². The third-order valence-corrected chi connectivity index (χ3v) is 5.06. The van der Waals surface area contributed by atoms with Gasteiger partial charge in [-0.3, -0.25) is 9.36 Å². The summed E-state index contributed by atoms with van der Waals surface area (Å²) >= 11 is 7.39. The summed E-state index contributed by atoms with van der Waals surface area (Å²) < 4.78 is 1.97. The highest BCUT2D eigenvalue weighted by Gasteiger charge is 2.19. The van der Waals surface area contributed by atoms with Crippen LogP contribution in [0.1, 0.15) is 26.3 Å². The largest absolute Gasteiger partial charge is 0.351 e. The smallest absolute Gasteiger partial charge is 0.230 e. The Morgan fingerprint density at radius 1 is 1.07 bits per heavy atom. The maximum absolute atomic E-state index is 12.2. The fourth-order valence-corrected chi connectivity index (χ4v) is 3.54. The van der Waals surface area contributed by atoms with Crippen LogP contribution in [-0.2, 0) is 4.79 Å². The molecule has 1 N–H and O–H groups in total. The maximum Gasteiger partial charge on any atom is 0.230 e. The number of aryl methyl sites for hydroxylation is 1. The summed E-state index contributed by atoms with van der Waals surface area (Å²) in [6, 6.07) is 15.6. The van der Waals surface area contributed by atoms with Gasteiger partial charge in [0, 0.05) is 21.8 Å². The van der Waals surface area contributed by atoms with Crippen LogP contribution in [0.4, 0.5) is 0 Å². The van der Waals surface area contributed by atoms with Gasteiger partial charge in [-0.1, -0.05) is 41.1 Å². The van der Waals surface area contributed by atoms with Gasteiger partial charge in [0.05, 0.1) is 5.75 Å². The fraction of sp³-hybridized carbons (Fsp3) is 0.286. The highest BCUT2D eigenvalue weighted by atomic mass is 35.5. The molecule has 146 valence electrons. The molecule has 5 nitrogen and oxygen atoms in total. The highest BCUT2D eigenvalue weighted by Crippen LogP contribution is 2.29. The Balaban J connectivity index is 1.95. The minimum absolute atomic E-state index is 0.0380. The van der Waals surface area contributed by atoms with E-state index < -0.39 is 0 Å². The normalized spacial score (nSPS) is 11.5. The molecule has 0 aliphatic heterocycles. The van der Waals surface area contributed by atoms with Gasteiger partial charge >= 0.3 is 0 Å². The molecule has 0 spiro atoms. The Hall–Kier alpha value is -2.31. The molecular formula is C21H23ClN4OS. The fourth-order valence-electron chi connectivity index (χ4n) is 2.66. The summed E-state index contributed by atoms with van der Waals surface area (Å²) in [5.41, 5.74) is 2.75. The number of aromatic nitrogens is 3. The van der Waals surface area contributed by atoms with Gasteiger partial charge < -0.3 is 5.32 Å². The average molecular weight is 415 g/mol. The first-order chi connectivity index (χ1) is 13.2. The Bertz CT molecular complexity index is 960. The molecule has 0 unspecified atom stereocenters. The zero-order valence-electron chi connectivity index (χ0n) is 16.4. The van der Waals surface area contributed by atoms with Crippen molar-refractivity contribution in [2.75, 3.05) is 5.75 Å². The average Bonchev–Trinajstić information content (AvgIpc) is 3.04. The van der Waals surface area contributed by atoms with E-state index in [1.807, 2.05) is 80.8 Å². The van der Waals surface area contributed by atoms with E-state index in [0.29, 0.717) is 16.0 Å². The zero-order valence-corrected chi connectivity index (χ0v) is 17.9. The monoisotopic (exact) mass is 414 g/mol. The van der Waals surface area contributed by atoms with Gasteiger partial charge in [0.15, 0.2) is 11.0 Å². The lowest BCUT2D eigenvalue weighted by molar-refractivity contribution is -0.119. The number of nitrogens with zero attached hydrogens (tertiary/aromatic N) is 3. The predicted octanol–water partition coefficient (Wildman–Crippen LogP) is 4.90. The quantitative estimate of drug-likeness (QED) is 0.603. The Morgan fingerprint density at radius 3 is 2.32 bits per heavy atom. The zero-order chi connectivity index (χ0) is 20.3. The van der Waals surface area contributed by atoms with Crippen molar-refractivity contribution in [3.05, 3.63) is 59.1 Å². The van der Waals surface area contributed by atoms with Crippen molar-refractivity contribution >= 4 is 29.3 Å². The van der Waals surface area contributed by atoms with Crippen LogP contribution in [0, 0.1) is 6.92 Å². The molecule has 28 heavy (non-hydrogen) atoms. The molecular weight excluding hydrogens is 392 g/mol. The topological polar surface area (TPSA) is 59.8 Å². The summed E-state index contributed by atoms with van der Waals surface area (Å²) in [4.78, 5) is 12.2. The minimum Gasteiger partial charge on any atom is -0.351 e. The van der Waals surface area contributed by atoms with Gasteiger partial charge in [-0.25, -0.2) is 0 Å². The Kier molecular flexibility index (Phi) is 6.10. The van der Waals surface area contributed by atoms with Crippen molar-refractivity contribution in [1.82, 2.24) is 20.1 Å². The van der Waals surface area contributed by atoms with Crippen LogP contribution < -0.4 is 5.32 Å². The number of thioether (sulfide) groups is 1. The number of rotatable bonds is 5. The van der Waals surface area contributed by atoms with Gasteiger partial charge in [0.25, 0.3) is 0 Å². The lowest BCUT2D eigenvalue weighted by atomic mass is 10.1. The number of benzene rings is 2. The number of carbonyl (C=O) groups excluding carboxylic acids is 1. The molecule has 7 heteroatoms. The Labute approximate surface area is 174 Å². The molecule has 3 aromatic rings. The maximum atomic E-state index is 12.2. The first-order valence-corrected chi connectivity index (χ1v) is 10.3. The van der Waals surface area contributed by atoms with E-state index in [-0.39, 0.29) is 17.2 Å². The SMILES string of the molecule is Cc1ccc(-n2c(SCC(=O)NC(C)(C)C)nnc2-c2ccc(Cl)cc2)cc1. The second kappa shape index (κ2) is 8.37. The molecule has 0 saturated heterocycles. The second-order valence-corrected chi connectivity index (χ2v) is 8.95. The predicted molar refractivity (Wildman–Crippen MR) is 115 cm³/mol. The molecule has 1 heterocycles. The molecule has 0 aliphatic carbocycles. The van der Waals surface area contributed by atoms with E-state index in [9.17, 15) is 4.79 Å². The van der Waals surface area contributed by atoms with Gasteiger partial charge in [-0.15, -0.1) is 10.2 Å². The van der Waals surface area contributed by atoms with Gasteiger partial charge in [-0.2, -0.15) is 0 Å². The molecule has 2 aromatic carbocycles. The number of carbonyl (C=O) groups is 1. The first-order valence-electron chi connectivity index (χ1n) is 8.95. The molecule has 0 fully saturated rings. The summed E-state index contributed by atoms with van der Waals surface area (Å²) in [6.07, 6.45) is 0. The number of hydrogen-bond donors (Lipinski definition) is 1. The molecule has 0 bridgehead atoms. The van der Waals surface area contributed by atoms with Gasteiger partial charge in [0.2, 0.25) is 5.91 Å². The summed E-state index contributed by atoms with van der Waals surface area (Å²) in [6.45, 7) is 7.93. The summed E-state index contributed by atoms with van der Waals surface area (Å²) in [7, 11) is 0. The van der Waals surface area contributed by atoms with E-state index in [1.54, 1.807) is 0 Å².